The Balaban J connectivity index is 2.73. The first-order valence-corrected chi connectivity index (χ1v) is 9.14. The van der Waals surface area contributed by atoms with Gasteiger partial charge in [-0.05, 0) is 31.4 Å². The number of unbranched alkanes of at least 4 members (excludes halogenated alkanes) is 2. The normalized spacial score (nSPS) is 13.2. The number of methoxy groups -OCH3 is 1. The van der Waals surface area contributed by atoms with E-state index >= 15 is 0 Å². The van der Waals surface area contributed by atoms with Crippen LogP contribution >= 0.6 is 0 Å². The third kappa shape index (κ3) is 6.77. The number of rotatable bonds is 10. The minimum atomic E-state index is -0.578. The van der Waals surface area contributed by atoms with E-state index in [1.807, 2.05) is 20.8 Å². The van der Waals surface area contributed by atoms with Gasteiger partial charge in [-0.15, -0.1) is 0 Å². The SMILES string of the molecule is CCCCCC(C)NC(=O)C(NC(=O)c1ccccc1OC)C(C)C. The molecule has 0 aliphatic carbocycles. The molecule has 1 aromatic carbocycles. The molecule has 2 unspecified atom stereocenters. The van der Waals surface area contributed by atoms with Crippen molar-refractivity contribution >= 4 is 11.8 Å². The van der Waals surface area contributed by atoms with Crippen LogP contribution in [0.15, 0.2) is 24.3 Å². The second kappa shape index (κ2) is 10.7. The smallest absolute Gasteiger partial charge is 0.255 e. The van der Waals surface area contributed by atoms with Crippen molar-refractivity contribution in [3.63, 3.8) is 0 Å². The lowest BCUT2D eigenvalue weighted by Crippen LogP contribution is -2.51. The number of para-hydroxylation sites is 1. The van der Waals surface area contributed by atoms with E-state index < -0.39 is 6.04 Å². The highest BCUT2D eigenvalue weighted by Gasteiger charge is 2.26. The molecule has 1 aromatic rings. The highest BCUT2D eigenvalue weighted by atomic mass is 16.5. The van der Waals surface area contributed by atoms with Gasteiger partial charge in [-0.25, -0.2) is 0 Å². The average Bonchev–Trinajstić information content (AvgIpc) is 2.59. The molecular weight excluding hydrogens is 316 g/mol. The van der Waals surface area contributed by atoms with Crippen molar-refractivity contribution in [1.29, 1.82) is 0 Å². The third-order valence-electron chi connectivity index (χ3n) is 4.22. The van der Waals surface area contributed by atoms with E-state index in [-0.39, 0.29) is 23.8 Å². The molecule has 0 aromatic heterocycles. The molecule has 2 N–H and O–H groups in total. The summed E-state index contributed by atoms with van der Waals surface area (Å²) in [5.74, 6) is 0.0459. The van der Waals surface area contributed by atoms with Gasteiger partial charge in [-0.3, -0.25) is 9.59 Å². The predicted octanol–water partition coefficient (Wildman–Crippen LogP) is 3.53. The number of carbonyl (C=O) groups excluding carboxylic acids is 2. The molecule has 0 saturated heterocycles. The molecule has 2 atom stereocenters. The second-order valence-electron chi connectivity index (χ2n) is 6.80. The summed E-state index contributed by atoms with van der Waals surface area (Å²) in [7, 11) is 1.52. The maximum atomic E-state index is 12.6. The van der Waals surface area contributed by atoms with E-state index in [2.05, 4.69) is 17.6 Å². The van der Waals surface area contributed by atoms with E-state index in [0.29, 0.717) is 11.3 Å². The Bertz CT molecular complexity index is 558. The van der Waals surface area contributed by atoms with Crippen molar-refractivity contribution in [2.75, 3.05) is 7.11 Å². The Morgan fingerprint density at radius 3 is 2.36 bits per heavy atom. The number of hydrogen-bond acceptors (Lipinski definition) is 3. The molecule has 0 heterocycles. The summed E-state index contributed by atoms with van der Waals surface area (Å²) < 4.78 is 5.23. The lowest BCUT2D eigenvalue weighted by atomic mass is 10.0. The fourth-order valence-electron chi connectivity index (χ4n) is 2.69. The number of carbonyl (C=O) groups is 2. The molecule has 25 heavy (non-hydrogen) atoms. The van der Waals surface area contributed by atoms with Crippen LogP contribution in [0.4, 0.5) is 0 Å². The van der Waals surface area contributed by atoms with Crippen molar-refractivity contribution in [2.45, 2.75) is 65.5 Å². The van der Waals surface area contributed by atoms with Gasteiger partial charge in [0.25, 0.3) is 5.91 Å². The maximum Gasteiger partial charge on any atom is 0.255 e. The molecule has 2 amide bonds. The van der Waals surface area contributed by atoms with E-state index in [0.717, 1.165) is 19.3 Å². The molecule has 140 valence electrons. The van der Waals surface area contributed by atoms with Crippen molar-refractivity contribution < 1.29 is 14.3 Å². The maximum absolute atomic E-state index is 12.6. The summed E-state index contributed by atoms with van der Waals surface area (Å²) in [5.41, 5.74) is 0.430. The summed E-state index contributed by atoms with van der Waals surface area (Å²) in [5, 5.41) is 5.87. The van der Waals surface area contributed by atoms with Crippen molar-refractivity contribution in [3.8, 4) is 5.75 Å². The molecule has 1 rings (SSSR count). The molecule has 0 fully saturated rings. The second-order valence-corrected chi connectivity index (χ2v) is 6.80. The summed E-state index contributed by atoms with van der Waals surface area (Å²) >= 11 is 0. The van der Waals surface area contributed by atoms with Gasteiger partial charge < -0.3 is 15.4 Å². The zero-order chi connectivity index (χ0) is 18.8. The van der Waals surface area contributed by atoms with Gasteiger partial charge in [0.15, 0.2) is 0 Å². The Hall–Kier alpha value is -2.04. The van der Waals surface area contributed by atoms with Gasteiger partial charge in [0.05, 0.1) is 12.7 Å². The number of ether oxygens (including phenoxy) is 1. The Morgan fingerprint density at radius 1 is 1.08 bits per heavy atom. The number of nitrogens with one attached hydrogen (secondary N) is 2. The van der Waals surface area contributed by atoms with Crippen LogP contribution in [0.25, 0.3) is 0 Å². The van der Waals surface area contributed by atoms with Crippen molar-refractivity contribution in [3.05, 3.63) is 29.8 Å². The first-order chi connectivity index (χ1) is 11.9. The fourth-order valence-corrected chi connectivity index (χ4v) is 2.69. The molecule has 0 spiro atoms. The molecule has 5 heteroatoms. The predicted molar refractivity (Wildman–Crippen MR) is 101 cm³/mol. The van der Waals surface area contributed by atoms with E-state index in [1.165, 1.54) is 13.5 Å². The summed E-state index contributed by atoms with van der Waals surface area (Å²) in [6, 6.07) is 6.53. The van der Waals surface area contributed by atoms with Crippen molar-refractivity contribution in [2.24, 2.45) is 5.92 Å². The van der Waals surface area contributed by atoms with Crippen LogP contribution in [0.5, 0.6) is 5.75 Å². The van der Waals surface area contributed by atoms with Gasteiger partial charge in [0.2, 0.25) is 5.91 Å². The Labute approximate surface area is 151 Å². The monoisotopic (exact) mass is 348 g/mol. The molecule has 0 saturated carbocycles. The topological polar surface area (TPSA) is 67.4 Å². The summed E-state index contributed by atoms with van der Waals surface area (Å²) in [6.07, 6.45) is 4.37. The van der Waals surface area contributed by atoms with Crippen LogP contribution in [-0.2, 0) is 4.79 Å². The van der Waals surface area contributed by atoms with Gasteiger partial charge in [0.1, 0.15) is 11.8 Å². The molecule has 0 aliphatic rings. The van der Waals surface area contributed by atoms with E-state index in [4.69, 9.17) is 4.74 Å². The molecule has 0 aliphatic heterocycles. The van der Waals surface area contributed by atoms with Crippen molar-refractivity contribution in [1.82, 2.24) is 10.6 Å². The lowest BCUT2D eigenvalue weighted by molar-refractivity contribution is -0.124. The third-order valence-corrected chi connectivity index (χ3v) is 4.22. The first-order valence-electron chi connectivity index (χ1n) is 9.14. The van der Waals surface area contributed by atoms with Crippen LogP contribution in [0.1, 0.15) is 63.7 Å². The quantitative estimate of drug-likeness (QED) is 0.636. The summed E-state index contributed by atoms with van der Waals surface area (Å²) in [6.45, 7) is 8.02. The summed E-state index contributed by atoms with van der Waals surface area (Å²) in [4.78, 5) is 25.2. The fraction of sp³-hybridized carbons (Fsp3) is 0.600. The van der Waals surface area contributed by atoms with Crippen LogP contribution in [0.3, 0.4) is 0 Å². The molecular formula is C20H32N2O3. The zero-order valence-electron chi connectivity index (χ0n) is 16.1. The number of amides is 2. The van der Waals surface area contributed by atoms with Gasteiger partial charge in [-0.2, -0.15) is 0 Å². The molecule has 0 bridgehead atoms. The average molecular weight is 348 g/mol. The standard InChI is InChI=1S/C20H32N2O3/c1-6-7-8-11-15(4)21-20(24)18(14(2)3)22-19(23)16-12-9-10-13-17(16)25-5/h9-10,12-15,18H,6-8,11H2,1-5H3,(H,21,24)(H,22,23). The number of benzene rings is 1. The molecule has 5 nitrogen and oxygen atoms in total. The van der Waals surface area contributed by atoms with Crippen LogP contribution < -0.4 is 15.4 Å². The van der Waals surface area contributed by atoms with Gasteiger partial charge >= 0.3 is 0 Å². The van der Waals surface area contributed by atoms with Gasteiger partial charge in [-0.1, -0.05) is 52.2 Å². The minimum Gasteiger partial charge on any atom is -0.496 e. The highest BCUT2D eigenvalue weighted by Crippen LogP contribution is 2.17. The van der Waals surface area contributed by atoms with Crippen LogP contribution in [0.2, 0.25) is 0 Å². The minimum absolute atomic E-state index is 0.0125. The highest BCUT2D eigenvalue weighted by molar-refractivity contribution is 5.99. The Morgan fingerprint density at radius 2 is 1.76 bits per heavy atom. The molecule has 0 radical (unpaired) electrons. The van der Waals surface area contributed by atoms with Crippen LogP contribution in [0, 0.1) is 5.92 Å². The van der Waals surface area contributed by atoms with Crippen LogP contribution in [-0.4, -0.2) is 31.0 Å². The van der Waals surface area contributed by atoms with E-state index in [1.54, 1.807) is 24.3 Å². The largest absolute Gasteiger partial charge is 0.496 e. The Kier molecular flexibility index (Phi) is 9.03. The zero-order valence-corrected chi connectivity index (χ0v) is 16.1. The first kappa shape index (κ1) is 21.0. The number of hydrogen-bond donors (Lipinski definition) is 2. The van der Waals surface area contributed by atoms with E-state index in [9.17, 15) is 9.59 Å². The lowest BCUT2D eigenvalue weighted by Gasteiger charge is -2.24. The van der Waals surface area contributed by atoms with Gasteiger partial charge in [0, 0.05) is 6.04 Å².